The number of anilines is 1. The van der Waals surface area contributed by atoms with Gasteiger partial charge in [0.15, 0.2) is 0 Å². The maximum atomic E-state index is 13.2. The van der Waals surface area contributed by atoms with Gasteiger partial charge in [0, 0.05) is 36.2 Å². The molecule has 4 aromatic rings. The molecule has 1 aliphatic rings. The summed E-state index contributed by atoms with van der Waals surface area (Å²) in [5, 5.41) is 11.1. The molecule has 0 unspecified atom stereocenters. The Kier molecular flexibility index (Phi) is 4.35. The molecule has 1 saturated carbocycles. The zero-order valence-corrected chi connectivity index (χ0v) is 16.9. The standard InChI is InChI=1S/C22H19F2N5O2/c1-12-7-14(19-27-21(31-28-19)15-9-22(23,24)10-15)8-17(13(12)2)26-20(30)16-11-25-29-6-4-3-5-18(16)29/h3-8,11,15H,9-10H2,1-2H3,(H,26,30). The first-order valence-corrected chi connectivity index (χ1v) is 9.87. The molecule has 7 nitrogen and oxygen atoms in total. The molecule has 0 bridgehead atoms. The van der Waals surface area contributed by atoms with Crippen LogP contribution in [-0.2, 0) is 0 Å². The quantitative estimate of drug-likeness (QED) is 0.511. The smallest absolute Gasteiger partial charge is 0.259 e. The largest absolute Gasteiger partial charge is 0.339 e. The molecule has 5 rings (SSSR count). The highest BCUT2D eigenvalue weighted by atomic mass is 19.3. The van der Waals surface area contributed by atoms with Crippen molar-refractivity contribution in [2.45, 2.75) is 38.5 Å². The monoisotopic (exact) mass is 423 g/mol. The first-order valence-electron chi connectivity index (χ1n) is 9.87. The third kappa shape index (κ3) is 3.45. The molecule has 1 amide bonds. The zero-order valence-electron chi connectivity index (χ0n) is 16.9. The minimum Gasteiger partial charge on any atom is -0.339 e. The van der Waals surface area contributed by atoms with E-state index in [0.29, 0.717) is 28.2 Å². The van der Waals surface area contributed by atoms with E-state index in [0.717, 1.165) is 11.1 Å². The molecule has 3 aromatic heterocycles. The Balaban J connectivity index is 1.43. The van der Waals surface area contributed by atoms with Gasteiger partial charge in [-0.3, -0.25) is 4.79 Å². The molecule has 0 radical (unpaired) electrons. The average Bonchev–Trinajstić information content (AvgIpc) is 3.36. The highest BCUT2D eigenvalue weighted by Crippen LogP contribution is 2.48. The highest BCUT2D eigenvalue weighted by Gasteiger charge is 2.48. The number of hydrogen-bond donors (Lipinski definition) is 1. The van der Waals surface area contributed by atoms with Crippen LogP contribution in [0.5, 0.6) is 0 Å². The van der Waals surface area contributed by atoms with E-state index in [1.165, 1.54) is 6.20 Å². The molecule has 31 heavy (non-hydrogen) atoms. The van der Waals surface area contributed by atoms with Gasteiger partial charge in [0.05, 0.1) is 17.3 Å². The minimum absolute atomic E-state index is 0.219. The number of aryl methyl sites for hydroxylation is 1. The van der Waals surface area contributed by atoms with E-state index in [1.54, 1.807) is 16.8 Å². The Morgan fingerprint density at radius 2 is 2.06 bits per heavy atom. The fourth-order valence-electron chi connectivity index (χ4n) is 3.77. The number of alkyl halides is 2. The van der Waals surface area contributed by atoms with Crippen LogP contribution in [0.2, 0.25) is 0 Å². The van der Waals surface area contributed by atoms with Crippen LogP contribution in [0.1, 0.15) is 46.1 Å². The number of fused-ring (bicyclic) bond motifs is 1. The van der Waals surface area contributed by atoms with Crippen LogP contribution >= 0.6 is 0 Å². The maximum absolute atomic E-state index is 13.2. The number of nitrogens with zero attached hydrogens (tertiary/aromatic N) is 4. The van der Waals surface area contributed by atoms with E-state index in [-0.39, 0.29) is 24.6 Å². The first-order chi connectivity index (χ1) is 14.8. The summed E-state index contributed by atoms with van der Waals surface area (Å²) in [6.45, 7) is 3.82. The second-order valence-electron chi connectivity index (χ2n) is 7.93. The minimum atomic E-state index is -2.66. The van der Waals surface area contributed by atoms with Gasteiger partial charge in [0.1, 0.15) is 0 Å². The van der Waals surface area contributed by atoms with Crippen LogP contribution < -0.4 is 5.32 Å². The van der Waals surface area contributed by atoms with E-state index in [9.17, 15) is 13.6 Å². The number of aromatic nitrogens is 4. The topological polar surface area (TPSA) is 85.3 Å². The van der Waals surface area contributed by atoms with Gasteiger partial charge in [-0.2, -0.15) is 10.1 Å². The van der Waals surface area contributed by atoms with Gasteiger partial charge in [0.2, 0.25) is 17.6 Å². The predicted molar refractivity (Wildman–Crippen MR) is 109 cm³/mol. The van der Waals surface area contributed by atoms with Gasteiger partial charge < -0.3 is 9.84 Å². The summed E-state index contributed by atoms with van der Waals surface area (Å²) in [6, 6.07) is 9.14. The summed E-state index contributed by atoms with van der Waals surface area (Å²) in [5.74, 6) is -2.84. The van der Waals surface area contributed by atoms with Crippen LogP contribution in [-0.4, -0.2) is 31.6 Å². The van der Waals surface area contributed by atoms with Crippen LogP contribution in [0.15, 0.2) is 47.2 Å². The van der Waals surface area contributed by atoms with Gasteiger partial charge in [0.25, 0.3) is 5.91 Å². The fourth-order valence-corrected chi connectivity index (χ4v) is 3.77. The fraction of sp³-hybridized carbons (Fsp3) is 0.273. The Morgan fingerprint density at radius 1 is 1.26 bits per heavy atom. The lowest BCUT2D eigenvalue weighted by Crippen LogP contribution is -2.33. The molecule has 1 N–H and O–H groups in total. The lowest BCUT2D eigenvalue weighted by molar-refractivity contribution is -0.0925. The van der Waals surface area contributed by atoms with E-state index < -0.39 is 11.8 Å². The summed E-state index contributed by atoms with van der Waals surface area (Å²) in [6.07, 6.45) is 2.75. The highest BCUT2D eigenvalue weighted by molar-refractivity contribution is 6.09. The molecular formula is C22H19F2N5O2. The molecule has 9 heteroatoms. The number of rotatable bonds is 4. The van der Waals surface area contributed by atoms with Crippen molar-refractivity contribution in [2.75, 3.05) is 5.32 Å². The van der Waals surface area contributed by atoms with E-state index >= 15 is 0 Å². The molecule has 1 aliphatic carbocycles. The van der Waals surface area contributed by atoms with Crippen LogP contribution in [0.3, 0.4) is 0 Å². The number of halogens is 2. The van der Waals surface area contributed by atoms with Crippen molar-refractivity contribution in [3.05, 3.63) is 65.3 Å². The summed E-state index contributed by atoms with van der Waals surface area (Å²) in [7, 11) is 0. The molecule has 1 fully saturated rings. The molecular weight excluding hydrogens is 404 g/mol. The molecule has 0 aliphatic heterocycles. The molecule has 0 saturated heterocycles. The molecule has 158 valence electrons. The average molecular weight is 423 g/mol. The number of carbonyl (C=O) groups is 1. The van der Waals surface area contributed by atoms with Crippen molar-refractivity contribution in [3.63, 3.8) is 0 Å². The van der Waals surface area contributed by atoms with Crippen LogP contribution in [0.4, 0.5) is 14.5 Å². The van der Waals surface area contributed by atoms with Crippen molar-refractivity contribution in [1.82, 2.24) is 19.8 Å². The summed E-state index contributed by atoms with van der Waals surface area (Å²) in [5.41, 5.74) is 4.22. The van der Waals surface area contributed by atoms with Gasteiger partial charge >= 0.3 is 0 Å². The lowest BCUT2D eigenvalue weighted by atomic mass is 9.81. The number of amides is 1. The second-order valence-corrected chi connectivity index (χ2v) is 7.93. The number of carbonyl (C=O) groups excluding carboxylic acids is 1. The van der Waals surface area contributed by atoms with Crippen molar-refractivity contribution >= 4 is 17.1 Å². The number of pyridine rings is 1. The third-order valence-electron chi connectivity index (χ3n) is 5.73. The van der Waals surface area contributed by atoms with Crippen molar-refractivity contribution < 1.29 is 18.1 Å². The van der Waals surface area contributed by atoms with Gasteiger partial charge in [-0.05, 0) is 49.2 Å². The van der Waals surface area contributed by atoms with Crippen molar-refractivity contribution in [3.8, 4) is 11.4 Å². The van der Waals surface area contributed by atoms with Gasteiger partial charge in [-0.1, -0.05) is 11.2 Å². The Labute approximate surface area is 176 Å². The first kappa shape index (κ1) is 19.3. The van der Waals surface area contributed by atoms with Gasteiger partial charge in [-0.15, -0.1) is 0 Å². The normalized spacial score (nSPS) is 15.7. The van der Waals surface area contributed by atoms with E-state index in [2.05, 4.69) is 20.6 Å². The summed E-state index contributed by atoms with van der Waals surface area (Å²) in [4.78, 5) is 17.2. The lowest BCUT2D eigenvalue weighted by Gasteiger charge is -2.31. The molecule has 1 aromatic carbocycles. The third-order valence-corrected chi connectivity index (χ3v) is 5.73. The molecule has 3 heterocycles. The summed E-state index contributed by atoms with van der Waals surface area (Å²) < 4.78 is 33.2. The predicted octanol–water partition coefficient (Wildman–Crippen LogP) is 4.77. The Hall–Kier alpha value is -3.62. The zero-order chi connectivity index (χ0) is 21.8. The van der Waals surface area contributed by atoms with E-state index in [4.69, 9.17) is 4.52 Å². The molecule has 0 atom stereocenters. The van der Waals surface area contributed by atoms with E-state index in [1.807, 2.05) is 38.1 Å². The van der Waals surface area contributed by atoms with Gasteiger partial charge in [-0.25, -0.2) is 13.3 Å². The maximum Gasteiger partial charge on any atom is 0.259 e. The van der Waals surface area contributed by atoms with Crippen LogP contribution in [0.25, 0.3) is 16.9 Å². The Morgan fingerprint density at radius 3 is 2.84 bits per heavy atom. The SMILES string of the molecule is Cc1cc(-c2noc(C3CC(F)(F)C3)n2)cc(NC(=O)c2cnn3ccccc23)c1C. The number of benzene rings is 1. The number of hydrogen-bond acceptors (Lipinski definition) is 5. The van der Waals surface area contributed by atoms with Crippen LogP contribution in [0, 0.1) is 13.8 Å². The van der Waals surface area contributed by atoms with Crippen molar-refractivity contribution in [2.24, 2.45) is 0 Å². The second kappa shape index (κ2) is 6.97. The Bertz CT molecular complexity index is 1300. The summed E-state index contributed by atoms with van der Waals surface area (Å²) >= 11 is 0. The molecule has 0 spiro atoms. The number of nitrogens with one attached hydrogen (secondary N) is 1. The van der Waals surface area contributed by atoms with Crippen molar-refractivity contribution in [1.29, 1.82) is 0 Å².